The molecule has 5 nitrogen and oxygen atoms in total. The Kier molecular flexibility index (Phi) is 8.46. The number of ether oxygens (including phenoxy) is 2. The van der Waals surface area contributed by atoms with Crippen LogP contribution < -0.4 is 5.32 Å². The molecular weight excluding hydrogens is 232 g/mol. The van der Waals surface area contributed by atoms with Crippen molar-refractivity contribution in [2.45, 2.75) is 39.8 Å². The first-order valence-electron chi connectivity index (χ1n) is 6.67. The summed E-state index contributed by atoms with van der Waals surface area (Å²) >= 11 is 0. The molecular formula is C13H24N2O3. The molecule has 0 bridgehead atoms. The van der Waals surface area contributed by atoms with E-state index in [0.717, 1.165) is 44.0 Å². The molecule has 5 heteroatoms. The second-order valence-electron chi connectivity index (χ2n) is 4.13. The van der Waals surface area contributed by atoms with Gasteiger partial charge in [0.25, 0.3) is 0 Å². The zero-order chi connectivity index (χ0) is 13.1. The van der Waals surface area contributed by atoms with Gasteiger partial charge in [0.15, 0.2) is 5.76 Å². The van der Waals surface area contributed by atoms with E-state index in [4.69, 9.17) is 14.0 Å². The summed E-state index contributed by atoms with van der Waals surface area (Å²) < 4.78 is 15.9. The quantitative estimate of drug-likeness (QED) is 0.615. The van der Waals surface area contributed by atoms with E-state index in [1.165, 1.54) is 0 Å². The van der Waals surface area contributed by atoms with Crippen molar-refractivity contribution in [1.29, 1.82) is 0 Å². The Hall–Kier alpha value is -0.910. The molecule has 0 aliphatic heterocycles. The van der Waals surface area contributed by atoms with E-state index in [1.54, 1.807) is 0 Å². The normalized spacial score (nSPS) is 11.0. The zero-order valence-electron chi connectivity index (χ0n) is 11.4. The van der Waals surface area contributed by atoms with Crippen molar-refractivity contribution >= 4 is 0 Å². The third-order valence-electron chi connectivity index (χ3n) is 2.31. The molecule has 18 heavy (non-hydrogen) atoms. The standard InChI is InChI=1S/C13H24N2O3/c1-3-5-14-10-12-9-13(18-15-12)11-17-8-7-16-6-4-2/h9,14H,3-8,10-11H2,1-2H3. The molecule has 1 heterocycles. The van der Waals surface area contributed by atoms with Crippen LogP contribution in [-0.4, -0.2) is 31.5 Å². The third kappa shape index (κ3) is 6.74. The highest BCUT2D eigenvalue weighted by Crippen LogP contribution is 2.04. The Bertz CT molecular complexity index is 302. The SMILES string of the molecule is CCCNCc1cc(COCCOCCC)on1. The van der Waals surface area contributed by atoms with Gasteiger partial charge in [0.2, 0.25) is 0 Å². The summed E-state index contributed by atoms with van der Waals surface area (Å²) in [5.74, 6) is 0.763. The maximum Gasteiger partial charge on any atom is 0.162 e. The summed E-state index contributed by atoms with van der Waals surface area (Å²) in [5, 5.41) is 7.24. The van der Waals surface area contributed by atoms with E-state index < -0.39 is 0 Å². The Labute approximate surface area is 109 Å². The van der Waals surface area contributed by atoms with E-state index in [9.17, 15) is 0 Å². The van der Waals surface area contributed by atoms with Gasteiger partial charge in [-0.25, -0.2) is 0 Å². The molecule has 0 spiro atoms. The van der Waals surface area contributed by atoms with Gasteiger partial charge >= 0.3 is 0 Å². The van der Waals surface area contributed by atoms with E-state index >= 15 is 0 Å². The van der Waals surface area contributed by atoms with Crippen molar-refractivity contribution in [3.05, 3.63) is 17.5 Å². The van der Waals surface area contributed by atoms with Gasteiger partial charge in [-0.1, -0.05) is 19.0 Å². The van der Waals surface area contributed by atoms with Crippen LogP contribution in [0.3, 0.4) is 0 Å². The van der Waals surface area contributed by atoms with E-state index in [2.05, 4.69) is 24.3 Å². The molecule has 0 unspecified atom stereocenters. The van der Waals surface area contributed by atoms with Crippen LogP contribution >= 0.6 is 0 Å². The Morgan fingerprint density at radius 1 is 1.17 bits per heavy atom. The topological polar surface area (TPSA) is 56.5 Å². The maximum atomic E-state index is 5.43. The van der Waals surface area contributed by atoms with E-state index in [0.29, 0.717) is 19.8 Å². The van der Waals surface area contributed by atoms with Crippen molar-refractivity contribution in [1.82, 2.24) is 10.5 Å². The van der Waals surface area contributed by atoms with Crippen LogP contribution in [0.5, 0.6) is 0 Å². The summed E-state index contributed by atoms with van der Waals surface area (Å²) in [6.07, 6.45) is 2.15. The largest absolute Gasteiger partial charge is 0.379 e. The number of nitrogens with one attached hydrogen (secondary N) is 1. The molecule has 0 saturated heterocycles. The molecule has 0 aliphatic rings. The van der Waals surface area contributed by atoms with Crippen molar-refractivity contribution in [3.63, 3.8) is 0 Å². The Morgan fingerprint density at radius 3 is 2.78 bits per heavy atom. The highest BCUT2D eigenvalue weighted by atomic mass is 16.5. The molecule has 1 aromatic rings. The lowest BCUT2D eigenvalue weighted by Gasteiger charge is -2.02. The molecule has 0 amide bonds. The van der Waals surface area contributed by atoms with Gasteiger partial charge in [-0.05, 0) is 19.4 Å². The van der Waals surface area contributed by atoms with Crippen LogP contribution in [0.2, 0.25) is 0 Å². The number of nitrogens with zero attached hydrogens (tertiary/aromatic N) is 1. The Balaban J connectivity index is 2.07. The minimum atomic E-state index is 0.455. The maximum absolute atomic E-state index is 5.43. The molecule has 0 aliphatic carbocycles. The second-order valence-corrected chi connectivity index (χ2v) is 4.13. The lowest BCUT2D eigenvalue weighted by molar-refractivity contribution is 0.0333. The highest BCUT2D eigenvalue weighted by molar-refractivity contribution is 5.04. The number of rotatable bonds is 11. The van der Waals surface area contributed by atoms with E-state index in [-0.39, 0.29) is 0 Å². The van der Waals surface area contributed by atoms with E-state index in [1.807, 2.05) is 6.07 Å². The lowest BCUT2D eigenvalue weighted by atomic mass is 10.3. The molecule has 1 aromatic heterocycles. The number of aromatic nitrogens is 1. The minimum Gasteiger partial charge on any atom is -0.379 e. The van der Waals surface area contributed by atoms with Crippen molar-refractivity contribution < 1.29 is 14.0 Å². The lowest BCUT2D eigenvalue weighted by Crippen LogP contribution is -2.13. The van der Waals surface area contributed by atoms with Crippen LogP contribution in [0.1, 0.15) is 38.1 Å². The molecule has 0 radical (unpaired) electrons. The smallest absolute Gasteiger partial charge is 0.162 e. The molecule has 104 valence electrons. The average Bonchev–Trinajstić information content (AvgIpc) is 2.82. The first-order valence-corrected chi connectivity index (χ1v) is 6.67. The van der Waals surface area contributed by atoms with Crippen molar-refractivity contribution in [2.75, 3.05) is 26.4 Å². The van der Waals surface area contributed by atoms with Gasteiger partial charge in [-0.2, -0.15) is 0 Å². The van der Waals surface area contributed by atoms with Crippen LogP contribution in [0, 0.1) is 0 Å². The predicted molar refractivity (Wildman–Crippen MR) is 69.3 cm³/mol. The first-order chi connectivity index (χ1) is 8.86. The fourth-order valence-electron chi connectivity index (χ4n) is 1.44. The number of hydrogen-bond acceptors (Lipinski definition) is 5. The molecule has 1 rings (SSSR count). The summed E-state index contributed by atoms with van der Waals surface area (Å²) in [6.45, 7) is 8.43. The Morgan fingerprint density at radius 2 is 2.00 bits per heavy atom. The van der Waals surface area contributed by atoms with Crippen molar-refractivity contribution in [3.8, 4) is 0 Å². The minimum absolute atomic E-state index is 0.455. The number of hydrogen-bond donors (Lipinski definition) is 1. The van der Waals surface area contributed by atoms with Gasteiger partial charge in [0.1, 0.15) is 6.61 Å². The average molecular weight is 256 g/mol. The van der Waals surface area contributed by atoms with Gasteiger partial charge in [-0.15, -0.1) is 0 Å². The van der Waals surface area contributed by atoms with Gasteiger partial charge in [-0.3, -0.25) is 0 Å². The van der Waals surface area contributed by atoms with Gasteiger partial charge in [0, 0.05) is 19.2 Å². The summed E-state index contributed by atoms with van der Waals surface area (Å²) in [6, 6.07) is 1.93. The van der Waals surface area contributed by atoms with Gasteiger partial charge < -0.3 is 19.3 Å². The summed E-state index contributed by atoms with van der Waals surface area (Å²) in [4.78, 5) is 0. The summed E-state index contributed by atoms with van der Waals surface area (Å²) in [5.41, 5.74) is 0.921. The predicted octanol–water partition coefficient (Wildman–Crippen LogP) is 2.12. The molecule has 1 N–H and O–H groups in total. The zero-order valence-corrected chi connectivity index (χ0v) is 11.4. The second kappa shape index (κ2) is 10.1. The first kappa shape index (κ1) is 15.1. The van der Waals surface area contributed by atoms with Crippen LogP contribution in [0.4, 0.5) is 0 Å². The monoisotopic (exact) mass is 256 g/mol. The van der Waals surface area contributed by atoms with Crippen LogP contribution in [0.25, 0.3) is 0 Å². The fourth-order valence-corrected chi connectivity index (χ4v) is 1.44. The van der Waals surface area contributed by atoms with Gasteiger partial charge in [0.05, 0.1) is 18.9 Å². The molecule has 0 saturated carbocycles. The van der Waals surface area contributed by atoms with Crippen molar-refractivity contribution in [2.24, 2.45) is 0 Å². The van der Waals surface area contributed by atoms with Crippen LogP contribution in [0.15, 0.2) is 10.6 Å². The molecule has 0 aromatic carbocycles. The molecule has 0 atom stereocenters. The molecule has 0 fully saturated rings. The summed E-state index contributed by atoms with van der Waals surface area (Å²) in [7, 11) is 0. The third-order valence-corrected chi connectivity index (χ3v) is 2.31. The van der Waals surface area contributed by atoms with Crippen LogP contribution in [-0.2, 0) is 22.6 Å². The highest BCUT2D eigenvalue weighted by Gasteiger charge is 2.03. The fraction of sp³-hybridized carbons (Fsp3) is 0.769.